The van der Waals surface area contributed by atoms with E-state index in [1.807, 2.05) is 16.4 Å². The lowest BCUT2D eigenvalue weighted by Crippen LogP contribution is -2.24. The van der Waals surface area contributed by atoms with E-state index in [1.165, 1.54) is 0 Å². The zero-order valence-electron chi connectivity index (χ0n) is 9.00. The highest BCUT2D eigenvalue weighted by Gasteiger charge is 2.27. The summed E-state index contributed by atoms with van der Waals surface area (Å²) >= 11 is 0. The zero-order valence-corrected chi connectivity index (χ0v) is 9.82. The number of hydrogen-bond acceptors (Lipinski definition) is 3. The second kappa shape index (κ2) is 4.95. The Morgan fingerprint density at radius 1 is 1.50 bits per heavy atom. The highest BCUT2D eigenvalue weighted by molar-refractivity contribution is 7.82. The van der Waals surface area contributed by atoms with E-state index in [1.54, 1.807) is 12.1 Å². The highest BCUT2D eigenvalue weighted by Crippen LogP contribution is 2.24. The van der Waals surface area contributed by atoms with Crippen LogP contribution in [0.25, 0.3) is 0 Å². The Hall–Kier alpha value is -0.910. The Morgan fingerprint density at radius 3 is 2.88 bits per heavy atom. The maximum Gasteiger partial charge on any atom is 0.129 e. The van der Waals surface area contributed by atoms with Gasteiger partial charge in [-0.15, -0.1) is 0 Å². The average molecular weight is 240 g/mol. The lowest BCUT2D eigenvalue weighted by Gasteiger charge is -2.15. The van der Waals surface area contributed by atoms with Crippen LogP contribution in [-0.4, -0.2) is 33.3 Å². The molecule has 2 atom stereocenters. The maximum absolute atomic E-state index is 12.2. The molecule has 1 aromatic rings. The van der Waals surface area contributed by atoms with Gasteiger partial charge in [0.15, 0.2) is 0 Å². The molecule has 5 heteroatoms. The van der Waals surface area contributed by atoms with Crippen molar-refractivity contribution in [1.29, 1.82) is 0 Å². The van der Waals surface area contributed by atoms with Gasteiger partial charge in [-0.25, -0.2) is 8.51 Å². The van der Waals surface area contributed by atoms with E-state index in [0.29, 0.717) is 17.1 Å². The molecule has 2 rings (SSSR count). The SMILES string of the molecule is Nc1ccccc1S(=O)N1CCC(CO)C1. The molecule has 88 valence electrons. The predicted octanol–water partition coefficient (Wildman–Crippen LogP) is 0.606. The quantitative estimate of drug-likeness (QED) is 0.761. The van der Waals surface area contributed by atoms with Gasteiger partial charge in [-0.1, -0.05) is 12.1 Å². The minimum absolute atomic E-state index is 0.165. The van der Waals surface area contributed by atoms with Crippen LogP contribution in [0, 0.1) is 5.92 Å². The van der Waals surface area contributed by atoms with E-state index in [0.717, 1.165) is 13.0 Å². The van der Waals surface area contributed by atoms with Crippen LogP contribution >= 0.6 is 0 Å². The largest absolute Gasteiger partial charge is 0.398 e. The van der Waals surface area contributed by atoms with E-state index in [-0.39, 0.29) is 12.5 Å². The first-order chi connectivity index (χ1) is 7.72. The van der Waals surface area contributed by atoms with Crippen molar-refractivity contribution in [3.8, 4) is 0 Å². The minimum atomic E-state index is -1.20. The van der Waals surface area contributed by atoms with Crippen molar-refractivity contribution in [3.05, 3.63) is 24.3 Å². The first-order valence-electron chi connectivity index (χ1n) is 5.34. The number of rotatable bonds is 3. The Kier molecular flexibility index (Phi) is 3.58. The molecule has 0 aromatic heterocycles. The zero-order chi connectivity index (χ0) is 11.5. The predicted molar refractivity (Wildman–Crippen MR) is 64.0 cm³/mol. The van der Waals surface area contributed by atoms with Crippen LogP contribution in [0.4, 0.5) is 5.69 Å². The second-order valence-electron chi connectivity index (χ2n) is 4.01. The van der Waals surface area contributed by atoms with E-state index in [2.05, 4.69) is 0 Å². The summed E-state index contributed by atoms with van der Waals surface area (Å²) in [6.07, 6.45) is 0.898. The average Bonchev–Trinajstić information content (AvgIpc) is 2.77. The van der Waals surface area contributed by atoms with E-state index in [9.17, 15) is 4.21 Å². The molecule has 1 heterocycles. The Labute approximate surface area is 97.7 Å². The second-order valence-corrected chi connectivity index (χ2v) is 5.47. The van der Waals surface area contributed by atoms with Gasteiger partial charge in [0.25, 0.3) is 0 Å². The van der Waals surface area contributed by atoms with Gasteiger partial charge in [0, 0.05) is 25.4 Å². The normalized spacial score (nSPS) is 23.4. The molecule has 2 unspecified atom stereocenters. The molecule has 0 radical (unpaired) electrons. The molecule has 4 nitrogen and oxygen atoms in total. The van der Waals surface area contributed by atoms with Crippen molar-refractivity contribution in [2.75, 3.05) is 25.4 Å². The van der Waals surface area contributed by atoms with Gasteiger partial charge < -0.3 is 10.8 Å². The molecule has 16 heavy (non-hydrogen) atoms. The topological polar surface area (TPSA) is 66.6 Å². The highest BCUT2D eigenvalue weighted by atomic mass is 32.2. The van der Waals surface area contributed by atoms with Crippen LogP contribution in [0.15, 0.2) is 29.2 Å². The third kappa shape index (κ3) is 2.26. The lowest BCUT2D eigenvalue weighted by molar-refractivity contribution is 0.233. The molecular formula is C11H16N2O2S. The summed E-state index contributed by atoms with van der Waals surface area (Å²) in [7, 11) is -1.20. The molecule has 1 aliphatic heterocycles. The first-order valence-corrected chi connectivity index (χ1v) is 6.45. The van der Waals surface area contributed by atoms with Gasteiger partial charge >= 0.3 is 0 Å². The van der Waals surface area contributed by atoms with Crippen LogP contribution < -0.4 is 5.73 Å². The van der Waals surface area contributed by atoms with Crippen LogP contribution in [0.1, 0.15) is 6.42 Å². The molecule has 1 aliphatic rings. The molecule has 1 aromatic carbocycles. The fraction of sp³-hybridized carbons (Fsp3) is 0.455. The third-order valence-corrected chi connectivity index (χ3v) is 4.40. The summed E-state index contributed by atoms with van der Waals surface area (Å²) < 4.78 is 14.1. The monoisotopic (exact) mass is 240 g/mol. The molecule has 0 spiro atoms. The van der Waals surface area contributed by atoms with E-state index < -0.39 is 11.0 Å². The van der Waals surface area contributed by atoms with Crippen molar-refractivity contribution >= 4 is 16.7 Å². The van der Waals surface area contributed by atoms with Gasteiger partial charge in [-0.2, -0.15) is 0 Å². The van der Waals surface area contributed by atoms with Crippen LogP contribution in [0.3, 0.4) is 0 Å². The number of nitrogens with zero attached hydrogens (tertiary/aromatic N) is 1. The summed E-state index contributed by atoms with van der Waals surface area (Å²) in [6.45, 7) is 1.60. The van der Waals surface area contributed by atoms with Crippen molar-refractivity contribution in [2.24, 2.45) is 5.92 Å². The Balaban J connectivity index is 2.12. The Bertz CT molecular complexity index is 397. The number of hydrogen-bond donors (Lipinski definition) is 2. The summed E-state index contributed by atoms with van der Waals surface area (Å²) in [5.41, 5.74) is 6.35. The smallest absolute Gasteiger partial charge is 0.129 e. The number of para-hydroxylation sites is 1. The van der Waals surface area contributed by atoms with E-state index in [4.69, 9.17) is 10.8 Å². The van der Waals surface area contributed by atoms with Crippen molar-refractivity contribution < 1.29 is 9.32 Å². The van der Waals surface area contributed by atoms with Gasteiger partial charge in [0.1, 0.15) is 11.0 Å². The maximum atomic E-state index is 12.2. The van der Waals surface area contributed by atoms with Gasteiger partial charge in [0.2, 0.25) is 0 Å². The van der Waals surface area contributed by atoms with Crippen molar-refractivity contribution in [3.63, 3.8) is 0 Å². The summed E-state index contributed by atoms with van der Waals surface area (Å²) in [5, 5.41) is 9.04. The number of nitrogens with two attached hydrogens (primary N) is 1. The fourth-order valence-electron chi connectivity index (χ4n) is 1.88. The molecule has 1 fully saturated rings. The minimum Gasteiger partial charge on any atom is -0.398 e. The molecule has 3 N–H and O–H groups in total. The van der Waals surface area contributed by atoms with Crippen LogP contribution in [-0.2, 0) is 11.0 Å². The molecule has 0 bridgehead atoms. The number of anilines is 1. The Morgan fingerprint density at radius 2 is 2.25 bits per heavy atom. The van der Waals surface area contributed by atoms with Gasteiger partial charge in [-0.3, -0.25) is 0 Å². The summed E-state index contributed by atoms with van der Waals surface area (Å²) in [4.78, 5) is 0.668. The molecule has 0 saturated carbocycles. The molecule has 1 saturated heterocycles. The van der Waals surface area contributed by atoms with Gasteiger partial charge in [-0.05, 0) is 24.5 Å². The number of benzene rings is 1. The number of nitrogen functional groups attached to an aromatic ring is 1. The molecule has 0 amide bonds. The number of aliphatic hydroxyl groups is 1. The lowest BCUT2D eigenvalue weighted by atomic mass is 10.1. The van der Waals surface area contributed by atoms with Crippen LogP contribution in [0.5, 0.6) is 0 Å². The van der Waals surface area contributed by atoms with E-state index >= 15 is 0 Å². The summed E-state index contributed by atoms with van der Waals surface area (Å²) in [6, 6.07) is 7.21. The van der Waals surface area contributed by atoms with Gasteiger partial charge in [0.05, 0.1) is 4.90 Å². The summed E-state index contributed by atoms with van der Waals surface area (Å²) in [5.74, 6) is 0.244. The standard InChI is InChI=1S/C11H16N2O2S/c12-10-3-1-2-4-11(10)16(15)13-6-5-9(7-13)8-14/h1-4,9,14H,5-8,12H2. The molecule has 0 aliphatic carbocycles. The first kappa shape index (κ1) is 11.6. The third-order valence-electron chi connectivity index (χ3n) is 2.85. The fourth-order valence-corrected chi connectivity index (χ4v) is 3.24. The number of aliphatic hydroxyl groups excluding tert-OH is 1. The molecular weight excluding hydrogens is 224 g/mol. The van der Waals surface area contributed by atoms with Crippen molar-refractivity contribution in [2.45, 2.75) is 11.3 Å². The van der Waals surface area contributed by atoms with Crippen molar-refractivity contribution in [1.82, 2.24) is 4.31 Å². The van der Waals surface area contributed by atoms with Crippen LogP contribution in [0.2, 0.25) is 0 Å².